The molecule has 146 valence electrons. The maximum absolute atomic E-state index is 13.8. The van der Waals surface area contributed by atoms with Gasteiger partial charge in [0.15, 0.2) is 11.5 Å². The summed E-state index contributed by atoms with van der Waals surface area (Å²) in [6, 6.07) is 10.2. The summed E-state index contributed by atoms with van der Waals surface area (Å²) in [6.45, 7) is 2.53. The van der Waals surface area contributed by atoms with Crippen molar-refractivity contribution in [3.63, 3.8) is 0 Å². The lowest BCUT2D eigenvalue weighted by atomic mass is 10.1. The van der Waals surface area contributed by atoms with Crippen molar-refractivity contribution >= 4 is 62.9 Å². The van der Waals surface area contributed by atoms with Crippen molar-refractivity contribution in [3.8, 4) is 11.5 Å². The third kappa shape index (κ3) is 4.49. The van der Waals surface area contributed by atoms with Crippen LogP contribution in [0.25, 0.3) is 6.08 Å². The molecule has 1 heterocycles. The average molecular weight is 529 g/mol. The fourth-order valence-corrected chi connectivity index (χ4v) is 4.82. The number of hydrogen-bond acceptors (Lipinski definition) is 5. The van der Waals surface area contributed by atoms with E-state index in [-0.39, 0.29) is 18.3 Å². The van der Waals surface area contributed by atoms with Crippen molar-refractivity contribution in [2.24, 2.45) is 0 Å². The summed E-state index contributed by atoms with van der Waals surface area (Å²) in [7, 11) is 1.54. The first-order chi connectivity index (χ1) is 13.4. The molecule has 0 unspecified atom stereocenters. The van der Waals surface area contributed by atoms with Crippen LogP contribution in [0.5, 0.6) is 11.5 Å². The maximum atomic E-state index is 13.8. The number of likely N-dealkylation sites (N-methyl/N-ethyl adjacent to an activating group) is 1. The Balaban J connectivity index is 1.86. The largest absolute Gasteiger partial charge is 0.493 e. The van der Waals surface area contributed by atoms with Crippen LogP contribution in [0.2, 0.25) is 0 Å². The number of carbonyl (C=O) groups excluding carboxylic acids is 1. The van der Waals surface area contributed by atoms with Crippen molar-refractivity contribution in [2.75, 3.05) is 13.7 Å². The molecule has 0 spiro atoms. The highest BCUT2D eigenvalue weighted by Crippen LogP contribution is 2.37. The number of halogens is 2. The van der Waals surface area contributed by atoms with Crippen LogP contribution >= 0.6 is 46.6 Å². The van der Waals surface area contributed by atoms with Gasteiger partial charge in [0.2, 0.25) is 0 Å². The van der Waals surface area contributed by atoms with Crippen LogP contribution in [0.1, 0.15) is 18.1 Å². The summed E-state index contributed by atoms with van der Waals surface area (Å²) >= 11 is 8.67. The predicted octanol–water partition coefficient (Wildman–Crippen LogP) is 5.24. The zero-order valence-corrected chi connectivity index (χ0v) is 19.0. The van der Waals surface area contributed by atoms with Gasteiger partial charge in [-0.3, -0.25) is 9.69 Å². The number of thiocarbonyl (C=S) groups is 1. The molecule has 0 atom stereocenters. The summed E-state index contributed by atoms with van der Waals surface area (Å²) in [5.41, 5.74) is 1.27. The Labute approximate surface area is 186 Å². The van der Waals surface area contributed by atoms with Crippen LogP contribution in [0, 0.1) is 9.39 Å². The highest BCUT2D eigenvalue weighted by atomic mass is 127. The zero-order valence-electron chi connectivity index (χ0n) is 15.2. The molecule has 0 bridgehead atoms. The fraction of sp³-hybridized carbons (Fsp3) is 0.200. The number of thioether (sulfide) groups is 1. The molecular weight excluding hydrogens is 512 g/mol. The first-order valence-corrected chi connectivity index (χ1v) is 10.7. The van der Waals surface area contributed by atoms with Gasteiger partial charge >= 0.3 is 0 Å². The Hall–Kier alpha value is -1.65. The van der Waals surface area contributed by atoms with Crippen LogP contribution in [0.4, 0.5) is 4.39 Å². The van der Waals surface area contributed by atoms with E-state index in [1.54, 1.807) is 42.4 Å². The second-order valence-electron chi connectivity index (χ2n) is 5.84. The Morgan fingerprint density at radius 3 is 2.71 bits per heavy atom. The highest BCUT2D eigenvalue weighted by Gasteiger charge is 2.30. The SMILES string of the molecule is CCN1C(=O)/C(=C\c2cc(I)c(OCc3ccccc3F)c(OC)c2)SC1=S. The first kappa shape index (κ1) is 21.1. The molecule has 0 aromatic heterocycles. The molecule has 28 heavy (non-hydrogen) atoms. The standard InChI is InChI=1S/C20H17FINO3S2/c1-3-23-19(24)17(28-20(23)27)10-12-8-15(22)18(16(9-12)25-2)26-11-13-6-4-5-7-14(13)21/h4-10H,3,11H2,1-2H3/b17-10+. The van der Waals surface area contributed by atoms with Gasteiger partial charge in [0.25, 0.3) is 5.91 Å². The molecular formula is C20H17FINO3S2. The summed E-state index contributed by atoms with van der Waals surface area (Å²) in [6.07, 6.45) is 1.79. The van der Waals surface area contributed by atoms with E-state index in [0.717, 1.165) is 9.13 Å². The molecule has 1 aliphatic heterocycles. The highest BCUT2D eigenvalue weighted by molar-refractivity contribution is 14.1. The molecule has 8 heteroatoms. The summed E-state index contributed by atoms with van der Waals surface area (Å²) < 4.78 is 26.5. The van der Waals surface area contributed by atoms with Crippen molar-refractivity contribution in [3.05, 3.63) is 61.8 Å². The third-order valence-corrected chi connectivity index (χ3v) is 6.25. The van der Waals surface area contributed by atoms with E-state index in [2.05, 4.69) is 22.6 Å². The molecule has 4 nitrogen and oxygen atoms in total. The van der Waals surface area contributed by atoms with E-state index in [0.29, 0.717) is 32.8 Å². The monoisotopic (exact) mass is 529 g/mol. The Bertz CT molecular complexity index is 964. The number of rotatable bonds is 6. The second-order valence-corrected chi connectivity index (χ2v) is 8.68. The van der Waals surface area contributed by atoms with Crippen LogP contribution < -0.4 is 9.47 Å². The van der Waals surface area contributed by atoms with E-state index in [1.807, 2.05) is 13.0 Å². The number of ether oxygens (including phenoxy) is 2. The van der Waals surface area contributed by atoms with Crippen molar-refractivity contribution in [2.45, 2.75) is 13.5 Å². The minimum atomic E-state index is -0.314. The smallest absolute Gasteiger partial charge is 0.266 e. The molecule has 2 aromatic carbocycles. The van der Waals surface area contributed by atoms with Crippen LogP contribution in [-0.2, 0) is 11.4 Å². The van der Waals surface area contributed by atoms with E-state index in [4.69, 9.17) is 21.7 Å². The van der Waals surface area contributed by atoms with Gasteiger partial charge in [-0.05, 0) is 59.4 Å². The van der Waals surface area contributed by atoms with Gasteiger partial charge < -0.3 is 9.47 Å². The van der Waals surface area contributed by atoms with Gasteiger partial charge in [0.05, 0.1) is 15.6 Å². The number of nitrogens with zero attached hydrogens (tertiary/aromatic N) is 1. The zero-order chi connectivity index (χ0) is 20.3. The predicted molar refractivity (Wildman–Crippen MR) is 122 cm³/mol. The van der Waals surface area contributed by atoms with Crippen LogP contribution in [-0.4, -0.2) is 28.8 Å². The summed E-state index contributed by atoms with van der Waals surface area (Å²) in [4.78, 5) is 14.5. The molecule has 0 N–H and O–H groups in total. The van der Waals surface area contributed by atoms with Gasteiger partial charge in [-0.15, -0.1) is 0 Å². The fourth-order valence-electron chi connectivity index (χ4n) is 2.65. The van der Waals surface area contributed by atoms with Crippen LogP contribution in [0.3, 0.4) is 0 Å². The minimum Gasteiger partial charge on any atom is -0.493 e. The van der Waals surface area contributed by atoms with E-state index in [9.17, 15) is 9.18 Å². The molecule has 1 saturated heterocycles. The van der Waals surface area contributed by atoms with Crippen molar-refractivity contribution in [1.82, 2.24) is 4.90 Å². The van der Waals surface area contributed by atoms with Crippen molar-refractivity contribution < 1.29 is 18.7 Å². The Morgan fingerprint density at radius 2 is 2.07 bits per heavy atom. The third-order valence-electron chi connectivity index (χ3n) is 4.07. The number of hydrogen-bond donors (Lipinski definition) is 0. The van der Waals surface area contributed by atoms with Gasteiger partial charge in [0, 0.05) is 12.1 Å². The van der Waals surface area contributed by atoms with E-state index in [1.165, 1.54) is 17.8 Å². The van der Waals surface area contributed by atoms with Gasteiger partial charge in [0.1, 0.15) is 16.7 Å². The van der Waals surface area contributed by atoms with Gasteiger partial charge in [-0.25, -0.2) is 4.39 Å². The lowest BCUT2D eigenvalue weighted by Crippen LogP contribution is -2.27. The summed E-state index contributed by atoms with van der Waals surface area (Å²) in [5.74, 6) is 0.641. The van der Waals surface area contributed by atoms with Gasteiger partial charge in [-0.1, -0.05) is 42.2 Å². The molecule has 0 aliphatic carbocycles. The molecule has 3 rings (SSSR count). The number of amides is 1. The molecule has 1 amide bonds. The minimum absolute atomic E-state index is 0.0908. The normalized spacial score (nSPS) is 15.4. The quantitative estimate of drug-likeness (QED) is 0.291. The first-order valence-electron chi connectivity index (χ1n) is 8.43. The number of benzene rings is 2. The summed E-state index contributed by atoms with van der Waals surface area (Å²) in [5, 5.41) is 0. The number of methoxy groups -OCH3 is 1. The Morgan fingerprint density at radius 1 is 1.32 bits per heavy atom. The van der Waals surface area contributed by atoms with E-state index < -0.39 is 0 Å². The average Bonchev–Trinajstić information content (AvgIpc) is 2.94. The molecule has 0 radical (unpaired) electrons. The lowest BCUT2D eigenvalue weighted by Gasteiger charge is -2.14. The lowest BCUT2D eigenvalue weighted by molar-refractivity contribution is -0.121. The van der Waals surface area contributed by atoms with Crippen molar-refractivity contribution in [1.29, 1.82) is 0 Å². The molecule has 1 aliphatic rings. The second kappa shape index (κ2) is 9.23. The number of carbonyl (C=O) groups is 1. The molecule has 2 aromatic rings. The maximum Gasteiger partial charge on any atom is 0.266 e. The topological polar surface area (TPSA) is 38.8 Å². The van der Waals surface area contributed by atoms with E-state index >= 15 is 0 Å². The van der Waals surface area contributed by atoms with Gasteiger partial charge in [-0.2, -0.15) is 0 Å². The molecule has 0 saturated carbocycles. The van der Waals surface area contributed by atoms with Crippen LogP contribution in [0.15, 0.2) is 41.3 Å². The Kier molecular flexibility index (Phi) is 6.95. The molecule has 1 fully saturated rings.